The zero-order valence-corrected chi connectivity index (χ0v) is 47.7. The molecule has 0 heterocycles. The number of rotatable bonds is 55. The molecule has 0 rings (SSSR count). The van der Waals surface area contributed by atoms with Crippen molar-refractivity contribution in [2.24, 2.45) is 0 Å². The van der Waals surface area contributed by atoms with Crippen LogP contribution in [0.25, 0.3) is 0 Å². The molecule has 0 saturated heterocycles. The molecule has 1 amide bonds. The minimum absolute atomic E-state index is 0.0490. The quantitative estimate of drug-likeness (QED) is 0.0240. The van der Waals surface area contributed by atoms with E-state index in [0.29, 0.717) is 30.3 Å². The third-order valence-electron chi connectivity index (χ3n) is 13.8. The molecule has 0 spiro atoms. The first kappa shape index (κ1) is 68.7. The summed E-state index contributed by atoms with van der Waals surface area (Å²) < 4.78 is 23.2. The Hall–Kier alpha value is -1.32. The summed E-state index contributed by atoms with van der Waals surface area (Å²) in [4.78, 5) is 25.5. The van der Waals surface area contributed by atoms with Crippen molar-refractivity contribution in [2.45, 2.75) is 302 Å². The second-order valence-corrected chi connectivity index (χ2v) is 23.2. The van der Waals surface area contributed by atoms with E-state index >= 15 is 0 Å². The summed E-state index contributed by atoms with van der Waals surface area (Å²) in [5.74, 6) is -0.291. The number of allylic oxidation sites excluding steroid dienone is 6. The van der Waals surface area contributed by atoms with Crippen molar-refractivity contribution in [3.8, 4) is 0 Å². The molecule has 3 N–H and O–H groups in total. The second kappa shape index (κ2) is 51.2. The number of nitrogens with one attached hydrogen (secondary N) is 1. The van der Waals surface area contributed by atoms with E-state index < -0.39 is 32.7 Å². The van der Waals surface area contributed by atoms with Crippen molar-refractivity contribution in [1.29, 1.82) is 0 Å². The Morgan fingerprint density at radius 3 is 1.23 bits per heavy atom. The van der Waals surface area contributed by atoms with E-state index in [1.807, 2.05) is 28.1 Å². The zero-order chi connectivity index (χ0) is 51.5. The maximum atomic E-state index is 13.0. The van der Waals surface area contributed by atoms with Crippen molar-refractivity contribution >= 4 is 13.7 Å². The van der Waals surface area contributed by atoms with Gasteiger partial charge in [0.15, 0.2) is 0 Å². The Balaban J connectivity index is 4.01. The first-order valence-corrected chi connectivity index (χ1v) is 31.3. The van der Waals surface area contributed by atoms with Crippen LogP contribution in [0, 0.1) is 0 Å². The van der Waals surface area contributed by atoms with Crippen LogP contribution in [-0.2, 0) is 18.4 Å². The fraction of sp³-hybridized carbons (Fsp3) is 0.883. The average molecular weight is 1010 g/mol. The topological polar surface area (TPSA) is 128 Å². The molecule has 0 saturated carbocycles. The van der Waals surface area contributed by atoms with Crippen LogP contribution in [0.2, 0.25) is 0 Å². The van der Waals surface area contributed by atoms with Gasteiger partial charge in [0.1, 0.15) is 19.3 Å². The van der Waals surface area contributed by atoms with Crippen LogP contribution in [0.5, 0.6) is 0 Å². The number of likely N-dealkylation sites (N-methyl/N-ethyl adjacent to an activating group) is 1. The molecule has 0 aliphatic heterocycles. The lowest BCUT2D eigenvalue weighted by atomic mass is 10.0. The Bertz CT molecular complexity index is 1250. The third kappa shape index (κ3) is 51.6. The van der Waals surface area contributed by atoms with Crippen LogP contribution in [0.4, 0.5) is 0 Å². The van der Waals surface area contributed by atoms with Crippen molar-refractivity contribution in [2.75, 3.05) is 40.9 Å². The highest BCUT2D eigenvalue weighted by Crippen LogP contribution is 2.38. The Morgan fingerprint density at radius 1 is 0.529 bits per heavy atom. The van der Waals surface area contributed by atoms with Crippen LogP contribution in [0.15, 0.2) is 36.5 Å². The number of hydrogen-bond acceptors (Lipinski definition) is 7. The molecule has 9 nitrogen and oxygen atoms in total. The van der Waals surface area contributed by atoms with Gasteiger partial charge in [0.05, 0.1) is 39.9 Å². The van der Waals surface area contributed by atoms with Crippen LogP contribution in [0.3, 0.4) is 0 Å². The highest BCUT2D eigenvalue weighted by atomic mass is 31.2. The van der Waals surface area contributed by atoms with Gasteiger partial charge in [0, 0.05) is 6.42 Å². The summed E-state index contributed by atoms with van der Waals surface area (Å²) in [5.41, 5.74) is 0. The van der Waals surface area contributed by atoms with E-state index in [1.165, 1.54) is 199 Å². The summed E-state index contributed by atoms with van der Waals surface area (Å²) in [6, 6.07) is -1.10. The van der Waals surface area contributed by atoms with E-state index in [4.69, 9.17) is 9.05 Å². The predicted octanol–water partition coefficient (Wildman–Crippen LogP) is 16.5. The fourth-order valence-electron chi connectivity index (χ4n) is 9.06. The van der Waals surface area contributed by atoms with Crippen LogP contribution >= 0.6 is 7.82 Å². The number of quaternary nitrogens is 1. The zero-order valence-electron chi connectivity index (χ0n) is 46.8. The number of phosphoric acid groups is 1. The van der Waals surface area contributed by atoms with Crippen LogP contribution < -0.4 is 10.2 Å². The van der Waals surface area contributed by atoms with Gasteiger partial charge >= 0.3 is 0 Å². The lowest BCUT2D eigenvalue weighted by molar-refractivity contribution is -0.870. The highest BCUT2D eigenvalue weighted by Gasteiger charge is 2.29. The van der Waals surface area contributed by atoms with Crippen LogP contribution in [0.1, 0.15) is 284 Å². The highest BCUT2D eigenvalue weighted by molar-refractivity contribution is 7.45. The molecule has 4 atom stereocenters. The number of hydrogen-bond donors (Lipinski definition) is 3. The summed E-state index contributed by atoms with van der Waals surface area (Å²) >= 11 is 0. The van der Waals surface area contributed by atoms with E-state index in [0.717, 1.165) is 44.9 Å². The van der Waals surface area contributed by atoms with Gasteiger partial charge in [-0.3, -0.25) is 9.36 Å². The number of amides is 1. The van der Waals surface area contributed by atoms with E-state index in [-0.39, 0.29) is 18.9 Å². The van der Waals surface area contributed by atoms with Gasteiger partial charge in [-0.15, -0.1) is 0 Å². The minimum Gasteiger partial charge on any atom is -0.756 e. The molecule has 0 bridgehead atoms. The molecule has 4 unspecified atom stereocenters. The molecule has 0 radical (unpaired) electrons. The average Bonchev–Trinajstić information content (AvgIpc) is 3.32. The number of aliphatic hydroxyl groups excluding tert-OH is 2. The molecule has 0 aromatic heterocycles. The third-order valence-corrected chi connectivity index (χ3v) is 14.7. The summed E-state index contributed by atoms with van der Waals surface area (Å²) in [6.07, 6.45) is 62.6. The second-order valence-electron chi connectivity index (χ2n) is 21.8. The first-order chi connectivity index (χ1) is 33.9. The lowest BCUT2D eigenvalue weighted by Crippen LogP contribution is -2.51. The van der Waals surface area contributed by atoms with Gasteiger partial charge in [0.25, 0.3) is 7.82 Å². The maximum absolute atomic E-state index is 13.0. The van der Waals surface area contributed by atoms with Crippen LogP contribution in [-0.4, -0.2) is 79.8 Å². The van der Waals surface area contributed by atoms with Gasteiger partial charge in [0.2, 0.25) is 5.91 Å². The summed E-state index contributed by atoms with van der Waals surface area (Å²) in [6.45, 7) is 4.22. The normalized spacial score (nSPS) is 14.6. The standard InChI is InChI=1S/C60H117N2O7P/c1-6-8-10-12-14-16-18-20-21-22-23-24-25-26-27-28-29-30-31-32-33-34-35-36-37-38-39-40-41-43-45-47-49-51-53-59(64)61-57(56-69-70(66,67)68-55-54-62(3,4)5)60(65)58(63)52-50-48-46-44-42-19-17-15-13-11-9-7-2/h7,9,15,17,44,46,57-58,60,63,65H,6,8,10-14,16,18-43,45,47-56H2,1-5H3,(H-,61,64,66,67)/b9-7+,17-15+,46-44+. The molecule has 0 aliphatic rings. The summed E-state index contributed by atoms with van der Waals surface area (Å²) in [5, 5.41) is 24.7. The van der Waals surface area contributed by atoms with Crippen molar-refractivity contribution in [3.05, 3.63) is 36.5 Å². The number of aliphatic hydroxyl groups is 2. The smallest absolute Gasteiger partial charge is 0.268 e. The number of phosphoric ester groups is 1. The first-order valence-electron chi connectivity index (χ1n) is 29.9. The van der Waals surface area contributed by atoms with Gasteiger partial charge in [-0.2, -0.15) is 0 Å². The molecular formula is C60H117N2O7P. The lowest BCUT2D eigenvalue weighted by Gasteiger charge is -2.31. The van der Waals surface area contributed by atoms with Crippen molar-refractivity contribution < 1.29 is 38.0 Å². The molecule has 0 aromatic carbocycles. The van der Waals surface area contributed by atoms with Gasteiger partial charge in [-0.25, -0.2) is 0 Å². The molecule has 0 aliphatic carbocycles. The Morgan fingerprint density at radius 2 is 0.871 bits per heavy atom. The fourth-order valence-corrected chi connectivity index (χ4v) is 9.79. The van der Waals surface area contributed by atoms with Gasteiger partial charge in [-0.05, 0) is 58.3 Å². The number of carbonyl (C=O) groups is 1. The molecule has 0 aromatic rings. The SMILES string of the molecule is C/C=C/CC/C=C/CC/C=C/CCCC(O)C(O)C(COP(=O)([O-])OCC[N+](C)(C)C)NC(=O)CCCCCCCCCCCCCCCCCCCCCCCCCCCCCCCCCCCC. The minimum atomic E-state index is -4.68. The molecule has 0 fully saturated rings. The predicted molar refractivity (Wildman–Crippen MR) is 299 cm³/mol. The van der Waals surface area contributed by atoms with Crippen molar-refractivity contribution in [3.63, 3.8) is 0 Å². The van der Waals surface area contributed by atoms with E-state index in [9.17, 15) is 24.5 Å². The van der Waals surface area contributed by atoms with Gasteiger partial charge in [-0.1, -0.05) is 255 Å². The largest absolute Gasteiger partial charge is 0.756 e. The monoisotopic (exact) mass is 1010 g/mol. The molecular weight excluding hydrogens is 892 g/mol. The van der Waals surface area contributed by atoms with Crippen molar-refractivity contribution in [1.82, 2.24) is 5.32 Å². The van der Waals surface area contributed by atoms with E-state index in [2.05, 4.69) is 48.7 Å². The Kier molecular flexibility index (Phi) is 50.2. The number of nitrogens with zero attached hydrogens (tertiary/aromatic N) is 1. The summed E-state index contributed by atoms with van der Waals surface area (Å²) in [7, 11) is 1.10. The van der Waals surface area contributed by atoms with E-state index in [1.54, 1.807) is 0 Å². The number of unbranched alkanes of at least 4 members (excludes halogenated alkanes) is 36. The maximum Gasteiger partial charge on any atom is 0.268 e. The number of carbonyl (C=O) groups excluding carboxylic acids is 1. The molecule has 70 heavy (non-hydrogen) atoms. The Labute approximate surface area is 434 Å². The molecule has 10 heteroatoms. The van der Waals surface area contributed by atoms with Gasteiger partial charge < -0.3 is 34.0 Å². The molecule has 414 valence electrons.